The Kier molecular flexibility index (Phi) is 10.6. The van der Waals surface area contributed by atoms with E-state index in [0.29, 0.717) is 18.6 Å². The van der Waals surface area contributed by atoms with E-state index in [1.165, 1.54) is 33.4 Å². The first-order valence-electron chi connectivity index (χ1n) is 19.4. The first-order valence-corrected chi connectivity index (χ1v) is 19.4. The number of rotatable bonds is 11. The van der Waals surface area contributed by atoms with Gasteiger partial charge in [-0.15, -0.1) is 0 Å². The molecular weight excluding hydrogens is 656 g/mol. The summed E-state index contributed by atoms with van der Waals surface area (Å²) in [5.41, 5.74) is 12.8. The summed E-state index contributed by atoms with van der Waals surface area (Å²) in [6.07, 6.45) is 6.89. The first kappa shape index (κ1) is 36.0. The minimum atomic E-state index is -0.226. The molecule has 11 heteroatoms. The molecule has 52 heavy (non-hydrogen) atoms. The lowest BCUT2D eigenvalue weighted by molar-refractivity contribution is -0.374. The Morgan fingerprint density at radius 3 is 2.56 bits per heavy atom. The number of morpholine rings is 2. The molecule has 1 aromatic carbocycles. The van der Waals surface area contributed by atoms with Crippen LogP contribution < -0.4 is 10.3 Å². The lowest BCUT2D eigenvalue weighted by Gasteiger charge is -2.51. The normalized spacial score (nSPS) is 24.4. The maximum atomic E-state index is 6.11. The van der Waals surface area contributed by atoms with Crippen LogP contribution in [-0.4, -0.2) is 112 Å². The number of aromatic nitrogens is 2. The fourth-order valence-electron chi connectivity index (χ4n) is 8.64. The number of hydrogen-bond acceptors (Lipinski definition) is 10. The number of pyridine rings is 1. The van der Waals surface area contributed by atoms with E-state index < -0.39 is 0 Å². The molecule has 5 aliphatic heterocycles. The number of nitrogens with one attached hydrogen (secondary N) is 1. The van der Waals surface area contributed by atoms with Crippen molar-refractivity contribution in [2.75, 3.05) is 84.8 Å². The van der Waals surface area contributed by atoms with Crippen LogP contribution in [-0.2, 0) is 43.4 Å². The molecule has 11 nitrogen and oxygen atoms in total. The van der Waals surface area contributed by atoms with E-state index in [2.05, 4.69) is 82.7 Å². The molecule has 3 aromatic rings. The van der Waals surface area contributed by atoms with Gasteiger partial charge in [0.1, 0.15) is 0 Å². The monoisotopic (exact) mass is 712 g/mol. The third-order valence-corrected chi connectivity index (χ3v) is 11.8. The first-order chi connectivity index (χ1) is 25.3. The molecule has 4 saturated heterocycles. The number of anilines is 1. The van der Waals surface area contributed by atoms with Crippen LogP contribution in [0.25, 0.3) is 22.2 Å². The van der Waals surface area contributed by atoms with Crippen molar-refractivity contribution in [1.82, 2.24) is 24.9 Å². The van der Waals surface area contributed by atoms with E-state index in [-0.39, 0.29) is 17.7 Å². The molecule has 6 aliphatic rings. The molecule has 9 rings (SSSR count). The molecule has 0 amide bonds. The summed E-state index contributed by atoms with van der Waals surface area (Å²) in [6, 6.07) is 7.74. The maximum Gasteiger partial charge on any atom is 0.159 e. The van der Waals surface area contributed by atoms with Gasteiger partial charge in [0, 0.05) is 87.2 Å². The highest BCUT2D eigenvalue weighted by Crippen LogP contribution is 2.45. The van der Waals surface area contributed by atoms with Gasteiger partial charge in [-0.2, -0.15) is 0 Å². The van der Waals surface area contributed by atoms with Crippen LogP contribution in [0.3, 0.4) is 0 Å². The van der Waals surface area contributed by atoms with E-state index in [1.807, 2.05) is 6.20 Å². The average molecular weight is 713 g/mol. The maximum absolute atomic E-state index is 6.11. The Hall–Kier alpha value is -3.05. The molecule has 1 saturated carbocycles. The Labute approximate surface area is 308 Å². The standard InChI is InChI=1S/C41H56N6O5/c1-28(48-5)37-35(20-29(26-42-37)8-6-10-45-12-16-49-17-13-45)39-36(25-41(2,3)27-51-52-40-31-22-32(23-31)44(4)43-40)34-24-33(46-14-18-50-19-15-46)21-30-9-7-11-47(39)38(30)34/h20-21,24,26,28,31-32,40,43H,7,9-19,22-23,25,27H2,1-5H3/t28-,31?,32?,40+/m0/s1. The van der Waals surface area contributed by atoms with Crippen molar-refractivity contribution in [3.63, 3.8) is 0 Å². The number of benzene rings is 1. The Morgan fingerprint density at radius 2 is 1.81 bits per heavy atom. The van der Waals surface area contributed by atoms with Gasteiger partial charge in [-0.05, 0) is 73.8 Å². The molecule has 7 heterocycles. The number of hydrogen-bond donors (Lipinski definition) is 1. The summed E-state index contributed by atoms with van der Waals surface area (Å²) in [5.74, 6) is 7.40. The average Bonchev–Trinajstić information content (AvgIpc) is 3.44. The summed E-state index contributed by atoms with van der Waals surface area (Å²) >= 11 is 0. The van der Waals surface area contributed by atoms with Crippen molar-refractivity contribution in [2.45, 2.75) is 77.8 Å². The van der Waals surface area contributed by atoms with Crippen LogP contribution in [0.2, 0.25) is 0 Å². The van der Waals surface area contributed by atoms with Gasteiger partial charge in [-0.25, -0.2) is 20.2 Å². The van der Waals surface area contributed by atoms with E-state index in [9.17, 15) is 0 Å². The highest BCUT2D eigenvalue weighted by molar-refractivity contribution is 5.97. The van der Waals surface area contributed by atoms with Crippen molar-refractivity contribution in [3.05, 3.63) is 46.8 Å². The number of ether oxygens (including phenoxy) is 3. The quantitative estimate of drug-likeness (QED) is 0.168. The fourth-order valence-corrected chi connectivity index (χ4v) is 8.64. The molecular formula is C41H56N6O5. The Bertz CT molecular complexity index is 1800. The lowest BCUT2D eigenvalue weighted by atomic mass is 9.77. The molecule has 2 bridgehead atoms. The number of fused-ring (bicyclic) bond motifs is 2. The summed E-state index contributed by atoms with van der Waals surface area (Å²) in [4.78, 5) is 22.1. The summed E-state index contributed by atoms with van der Waals surface area (Å²) in [7, 11) is 3.86. The van der Waals surface area contributed by atoms with Crippen molar-refractivity contribution in [2.24, 2.45) is 11.3 Å². The lowest BCUT2D eigenvalue weighted by Crippen LogP contribution is -2.64. The molecule has 2 aromatic heterocycles. The van der Waals surface area contributed by atoms with E-state index in [4.69, 9.17) is 29.0 Å². The van der Waals surface area contributed by atoms with E-state index >= 15 is 0 Å². The molecule has 0 spiro atoms. The molecule has 0 unspecified atom stereocenters. The van der Waals surface area contributed by atoms with Crippen molar-refractivity contribution < 1.29 is 24.0 Å². The van der Waals surface area contributed by atoms with E-state index in [1.54, 1.807) is 7.11 Å². The summed E-state index contributed by atoms with van der Waals surface area (Å²) in [5, 5.41) is 3.50. The largest absolute Gasteiger partial charge is 0.379 e. The van der Waals surface area contributed by atoms with Crippen molar-refractivity contribution >= 4 is 16.6 Å². The van der Waals surface area contributed by atoms with Gasteiger partial charge in [0.15, 0.2) is 6.23 Å². The van der Waals surface area contributed by atoms with Crippen LogP contribution in [0.5, 0.6) is 0 Å². The van der Waals surface area contributed by atoms with Crippen molar-refractivity contribution in [3.8, 4) is 23.1 Å². The van der Waals surface area contributed by atoms with Gasteiger partial charge in [0.05, 0.1) is 62.6 Å². The third kappa shape index (κ3) is 7.37. The number of nitrogens with zero attached hydrogens (tertiary/aromatic N) is 5. The van der Waals surface area contributed by atoms with Gasteiger partial charge in [-0.3, -0.25) is 9.88 Å². The number of methoxy groups -OCH3 is 1. The number of hydrazine groups is 1. The minimum absolute atomic E-state index is 0.104. The van der Waals surface area contributed by atoms with Gasteiger partial charge in [-0.1, -0.05) is 25.7 Å². The highest BCUT2D eigenvalue weighted by atomic mass is 17.2. The summed E-state index contributed by atoms with van der Waals surface area (Å²) in [6.45, 7) is 15.5. The van der Waals surface area contributed by atoms with Crippen LogP contribution in [0.1, 0.15) is 68.5 Å². The van der Waals surface area contributed by atoms with Gasteiger partial charge < -0.3 is 23.7 Å². The Balaban J connectivity index is 1.19. The van der Waals surface area contributed by atoms with Crippen LogP contribution in [0.15, 0.2) is 24.4 Å². The SMILES string of the molecule is CO[C@@H](C)c1ncc(C#CCN2CCOCC2)cc1-c1c(CC(C)(C)COO[C@H]2NN(C)C3CC2C3)c2cc(N3CCOCC3)cc3c2n1CCC3. The van der Waals surface area contributed by atoms with Gasteiger partial charge >= 0.3 is 0 Å². The molecule has 0 radical (unpaired) electrons. The molecule has 1 aliphatic carbocycles. The minimum Gasteiger partial charge on any atom is -0.379 e. The second kappa shape index (κ2) is 15.4. The van der Waals surface area contributed by atoms with Crippen LogP contribution in [0.4, 0.5) is 5.69 Å². The second-order valence-electron chi connectivity index (χ2n) is 16.2. The zero-order valence-electron chi connectivity index (χ0n) is 31.7. The van der Waals surface area contributed by atoms with Gasteiger partial charge in [0.25, 0.3) is 0 Å². The third-order valence-electron chi connectivity index (χ3n) is 11.8. The predicted octanol–water partition coefficient (Wildman–Crippen LogP) is 4.95. The zero-order valence-corrected chi connectivity index (χ0v) is 31.7. The van der Waals surface area contributed by atoms with Crippen molar-refractivity contribution in [1.29, 1.82) is 0 Å². The highest BCUT2D eigenvalue weighted by Gasteiger charge is 2.44. The molecule has 280 valence electrons. The van der Waals surface area contributed by atoms with E-state index in [0.717, 1.165) is 115 Å². The predicted molar refractivity (Wildman–Crippen MR) is 202 cm³/mol. The zero-order chi connectivity index (χ0) is 35.8. The smallest absolute Gasteiger partial charge is 0.159 e. The topological polar surface area (TPSA) is 85.7 Å². The van der Waals surface area contributed by atoms with Crippen LogP contribution in [0, 0.1) is 23.2 Å². The molecule has 5 fully saturated rings. The fraction of sp³-hybridized carbons (Fsp3) is 0.634. The van der Waals surface area contributed by atoms with Gasteiger partial charge in [0.2, 0.25) is 0 Å². The molecule has 1 N–H and O–H groups in total. The molecule has 2 atom stereocenters. The number of aryl methyl sites for hydroxylation is 2. The Morgan fingerprint density at radius 1 is 1.04 bits per heavy atom. The van der Waals surface area contributed by atoms with Crippen LogP contribution >= 0.6 is 0 Å². The second-order valence-corrected chi connectivity index (χ2v) is 16.2. The summed E-state index contributed by atoms with van der Waals surface area (Å²) < 4.78 is 19.8.